The number of hydrogen-bond acceptors (Lipinski definition) is 4. The van der Waals surface area contributed by atoms with Crippen molar-refractivity contribution in [3.05, 3.63) is 12.3 Å². The topological polar surface area (TPSA) is 76.7 Å². The second-order valence-electron chi connectivity index (χ2n) is 4.55. The Morgan fingerprint density at radius 2 is 2.18 bits per heavy atom. The Bertz CT molecular complexity index is 331. The average Bonchev–Trinajstić information content (AvgIpc) is 2.40. The van der Waals surface area contributed by atoms with E-state index in [9.17, 15) is 4.79 Å². The number of hydrazine groups is 1. The minimum absolute atomic E-state index is 0.0491. The standard InChI is InChI=1S/C12H19N3O2/c13-15-12(16)9-4-6-10(7-5-9)17-11-3-1-2-8-14-11/h2,8-10H,1,3-7,13H2,(H,15,16). The number of nitrogens with one attached hydrogen (secondary N) is 1. The van der Waals surface area contributed by atoms with E-state index in [1.54, 1.807) is 6.20 Å². The molecule has 1 heterocycles. The van der Waals surface area contributed by atoms with Crippen molar-refractivity contribution in [3.63, 3.8) is 0 Å². The molecule has 94 valence electrons. The molecular weight excluding hydrogens is 218 g/mol. The second kappa shape index (κ2) is 5.82. The predicted molar refractivity (Wildman–Crippen MR) is 65.0 cm³/mol. The second-order valence-corrected chi connectivity index (χ2v) is 4.55. The van der Waals surface area contributed by atoms with Gasteiger partial charge < -0.3 is 4.74 Å². The summed E-state index contributed by atoms with van der Waals surface area (Å²) in [4.78, 5) is 15.6. The summed E-state index contributed by atoms with van der Waals surface area (Å²) in [6.45, 7) is 0. The first-order valence-electron chi connectivity index (χ1n) is 6.18. The highest BCUT2D eigenvalue weighted by atomic mass is 16.5. The summed E-state index contributed by atoms with van der Waals surface area (Å²) in [7, 11) is 0. The molecule has 0 saturated heterocycles. The van der Waals surface area contributed by atoms with E-state index in [-0.39, 0.29) is 17.9 Å². The maximum Gasteiger partial charge on any atom is 0.236 e. The van der Waals surface area contributed by atoms with Crippen molar-refractivity contribution in [1.29, 1.82) is 0 Å². The van der Waals surface area contributed by atoms with Gasteiger partial charge in [0.2, 0.25) is 5.91 Å². The fourth-order valence-corrected chi connectivity index (χ4v) is 2.32. The first-order valence-corrected chi connectivity index (χ1v) is 6.18. The molecule has 1 aliphatic heterocycles. The Labute approximate surface area is 101 Å². The Morgan fingerprint density at radius 1 is 1.41 bits per heavy atom. The van der Waals surface area contributed by atoms with Gasteiger partial charge in [-0.15, -0.1) is 0 Å². The molecule has 0 aromatic rings. The smallest absolute Gasteiger partial charge is 0.236 e. The molecule has 1 aliphatic carbocycles. The highest BCUT2D eigenvalue weighted by Crippen LogP contribution is 2.27. The zero-order valence-electron chi connectivity index (χ0n) is 9.89. The third-order valence-corrected chi connectivity index (χ3v) is 3.34. The summed E-state index contributed by atoms with van der Waals surface area (Å²) < 4.78 is 5.83. The van der Waals surface area contributed by atoms with Crippen LogP contribution in [0, 0.1) is 5.92 Å². The number of aliphatic imine (C=N–C) groups is 1. The molecule has 0 atom stereocenters. The van der Waals surface area contributed by atoms with Gasteiger partial charge in [0.15, 0.2) is 5.90 Å². The summed E-state index contributed by atoms with van der Waals surface area (Å²) >= 11 is 0. The number of carbonyl (C=O) groups is 1. The molecule has 0 radical (unpaired) electrons. The van der Waals surface area contributed by atoms with Crippen LogP contribution in [0.4, 0.5) is 0 Å². The summed E-state index contributed by atoms with van der Waals surface area (Å²) in [5, 5.41) is 0. The van der Waals surface area contributed by atoms with Gasteiger partial charge in [-0.3, -0.25) is 10.2 Å². The monoisotopic (exact) mass is 237 g/mol. The van der Waals surface area contributed by atoms with Crippen molar-refractivity contribution in [2.45, 2.75) is 44.6 Å². The molecular formula is C12H19N3O2. The zero-order chi connectivity index (χ0) is 12.1. The van der Waals surface area contributed by atoms with Crippen LogP contribution in [0.1, 0.15) is 38.5 Å². The molecule has 0 aromatic carbocycles. The minimum atomic E-state index is -0.0543. The third kappa shape index (κ3) is 3.30. The highest BCUT2D eigenvalue weighted by Gasteiger charge is 2.27. The van der Waals surface area contributed by atoms with E-state index in [2.05, 4.69) is 10.4 Å². The number of nitrogens with two attached hydrogens (primary N) is 1. The summed E-state index contributed by atoms with van der Waals surface area (Å²) in [6.07, 6.45) is 9.43. The summed E-state index contributed by atoms with van der Waals surface area (Å²) in [5.74, 6) is 5.96. The van der Waals surface area contributed by atoms with Crippen LogP contribution < -0.4 is 11.3 Å². The lowest BCUT2D eigenvalue weighted by molar-refractivity contribution is -0.126. The maximum absolute atomic E-state index is 11.4. The van der Waals surface area contributed by atoms with Gasteiger partial charge in [-0.05, 0) is 32.1 Å². The molecule has 2 rings (SSSR count). The van der Waals surface area contributed by atoms with Crippen molar-refractivity contribution in [1.82, 2.24) is 5.43 Å². The van der Waals surface area contributed by atoms with E-state index in [0.29, 0.717) is 0 Å². The largest absolute Gasteiger partial charge is 0.477 e. The van der Waals surface area contributed by atoms with Crippen LogP contribution in [-0.2, 0) is 9.53 Å². The molecule has 17 heavy (non-hydrogen) atoms. The van der Waals surface area contributed by atoms with Crippen molar-refractivity contribution >= 4 is 11.8 Å². The van der Waals surface area contributed by atoms with E-state index in [1.807, 2.05) is 6.08 Å². The molecule has 1 fully saturated rings. The fourth-order valence-electron chi connectivity index (χ4n) is 2.32. The Morgan fingerprint density at radius 3 is 2.76 bits per heavy atom. The van der Waals surface area contributed by atoms with Gasteiger partial charge >= 0.3 is 0 Å². The van der Waals surface area contributed by atoms with Crippen LogP contribution in [0.25, 0.3) is 0 Å². The third-order valence-electron chi connectivity index (χ3n) is 3.34. The molecule has 0 unspecified atom stereocenters. The lowest BCUT2D eigenvalue weighted by Gasteiger charge is -2.28. The predicted octanol–water partition coefficient (Wildman–Crippen LogP) is 1.26. The van der Waals surface area contributed by atoms with Crippen molar-refractivity contribution in [2.24, 2.45) is 16.8 Å². The van der Waals surface area contributed by atoms with Crippen LogP contribution in [0.3, 0.4) is 0 Å². The lowest BCUT2D eigenvalue weighted by atomic mass is 9.87. The fraction of sp³-hybridized carbons (Fsp3) is 0.667. The molecule has 5 heteroatoms. The van der Waals surface area contributed by atoms with Crippen molar-refractivity contribution in [3.8, 4) is 0 Å². The van der Waals surface area contributed by atoms with Crippen LogP contribution >= 0.6 is 0 Å². The normalized spacial score (nSPS) is 28.4. The Kier molecular flexibility index (Phi) is 4.14. The van der Waals surface area contributed by atoms with Gasteiger partial charge in [0.25, 0.3) is 0 Å². The number of nitrogens with zero attached hydrogens (tertiary/aromatic N) is 1. The molecule has 0 aromatic heterocycles. The van der Waals surface area contributed by atoms with Gasteiger partial charge in [0.05, 0.1) is 0 Å². The van der Waals surface area contributed by atoms with Gasteiger partial charge in [0.1, 0.15) is 6.10 Å². The quantitative estimate of drug-likeness (QED) is 0.431. The summed E-state index contributed by atoms with van der Waals surface area (Å²) in [5.41, 5.74) is 2.22. The molecule has 5 nitrogen and oxygen atoms in total. The molecule has 1 amide bonds. The average molecular weight is 237 g/mol. The number of rotatable bonds is 2. The molecule has 3 N–H and O–H groups in total. The Balaban J connectivity index is 1.77. The van der Waals surface area contributed by atoms with Gasteiger partial charge in [-0.2, -0.15) is 0 Å². The molecule has 1 saturated carbocycles. The lowest BCUT2D eigenvalue weighted by Crippen LogP contribution is -2.38. The number of allylic oxidation sites excluding steroid dienone is 1. The van der Waals surface area contributed by atoms with E-state index in [0.717, 1.165) is 44.4 Å². The van der Waals surface area contributed by atoms with Crippen LogP contribution in [-0.4, -0.2) is 17.9 Å². The van der Waals surface area contributed by atoms with E-state index in [1.165, 1.54) is 0 Å². The first kappa shape index (κ1) is 12.1. The Hall–Kier alpha value is -1.36. The van der Waals surface area contributed by atoms with Crippen LogP contribution in [0.15, 0.2) is 17.3 Å². The SMILES string of the molecule is NNC(=O)C1CCC(OC2=NC=CCC2)CC1. The number of amides is 1. The zero-order valence-corrected chi connectivity index (χ0v) is 9.89. The van der Waals surface area contributed by atoms with Gasteiger partial charge in [-0.25, -0.2) is 10.8 Å². The maximum atomic E-state index is 11.4. The molecule has 0 bridgehead atoms. The first-order chi connectivity index (χ1) is 8.29. The molecule has 0 spiro atoms. The number of ether oxygens (including phenoxy) is 1. The number of carbonyl (C=O) groups excluding carboxylic acids is 1. The van der Waals surface area contributed by atoms with E-state index < -0.39 is 0 Å². The summed E-state index contributed by atoms with van der Waals surface area (Å²) in [6, 6.07) is 0. The van der Waals surface area contributed by atoms with Crippen molar-refractivity contribution in [2.75, 3.05) is 0 Å². The minimum Gasteiger partial charge on any atom is -0.477 e. The van der Waals surface area contributed by atoms with E-state index >= 15 is 0 Å². The van der Waals surface area contributed by atoms with Crippen molar-refractivity contribution < 1.29 is 9.53 Å². The van der Waals surface area contributed by atoms with Gasteiger partial charge in [0, 0.05) is 18.5 Å². The highest BCUT2D eigenvalue weighted by molar-refractivity contribution is 5.78. The van der Waals surface area contributed by atoms with E-state index in [4.69, 9.17) is 10.6 Å². The van der Waals surface area contributed by atoms with Crippen LogP contribution in [0.5, 0.6) is 0 Å². The van der Waals surface area contributed by atoms with Crippen LogP contribution in [0.2, 0.25) is 0 Å². The van der Waals surface area contributed by atoms with Gasteiger partial charge in [-0.1, -0.05) is 6.08 Å². The number of hydrogen-bond donors (Lipinski definition) is 2. The molecule has 2 aliphatic rings.